The quantitative estimate of drug-likeness (QED) is 0.810. The van der Waals surface area contributed by atoms with Gasteiger partial charge >= 0.3 is 12.0 Å². The molecular weight excluding hydrogens is 310 g/mol. The molecule has 24 heavy (non-hydrogen) atoms. The molecule has 0 spiro atoms. The molecular formula is C16H15N5O3. The number of nitrogen functional groups attached to an aromatic ring is 1. The van der Waals surface area contributed by atoms with Gasteiger partial charge in [-0.05, 0) is 12.1 Å². The van der Waals surface area contributed by atoms with E-state index in [9.17, 15) is 14.9 Å². The average Bonchev–Trinajstić information content (AvgIpc) is 2.93. The molecule has 3 N–H and O–H groups in total. The first-order valence-electron chi connectivity index (χ1n) is 7.12. The molecule has 0 saturated carbocycles. The fraction of sp³-hybridized carbons (Fsp3) is 0.188. The second kappa shape index (κ2) is 5.62. The van der Waals surface area contributed by atoms with Crippen LogP contribution in [0.2, 0.25) is 0 Å². The predicted octanol–water partition coefficient (Wildman–Crippen LogP) is 1.38. The average molecular weight is 325 g/mol. The van der Waals surface area contributed by atoms with Crippen molar-refractivity contribution in [2.75, 3.05) is 24.8 Å². The van der Waals surface area contributed by atoms with Gasteiger partial charge in [-0.25, -0.2) is 9.59 Å². The standard InChI is InChI=1S/C16H15N5O3/c1-20-11-4-3-5-12(10(11)7-19-16(20)23)21-8-9(6-17)13(18)14(21)15(22)24-2/h3-5,8H,7,18H2,1-2H3,(H,19,23). The van der Waals surface area contributed by atoms with Gasteiger partial charge in [-0.15, -0.1) is 0 Å². The Morgan fingerprint density at radius 1 is 1.42 bits per heavy atom. The molecule has 2 amide bonds. The number of esters is 1. The Bertz CT molecular complexity index is 894. The van der Waals surface area contributed by atoms with Crippen LogP contribution in [0, 0.1) is 11.3 Å². The monoisotopic (exact) mass is 325 g/mol. The van der Waals surface area contributed by atoms with Gasteiger partial charge < -0.3 is 20.4 Å². The van der Waals surface area contributed by atoms with Crippen LogP contribution in [-0.4, -0.2) is 30.7 Å². The zero-order valence-corrected chi connectivity index (χ0v) is 13.2. The first-order chi connectivity index (χ1) is 11.5. The fourth-order valence-electron chi connectivity index (χ4n) is 2.78. The smallest absolute Gasteiger partial charge is 0.357 e. The van der Waals surface area contributed by atoms with Gasteiger partial charge in [0, 0.05) is 25.4 Å². The number of nitrogens with two attached hydrogens (primary N) is 1. The highest BCUT2D eigenvalue weighted by atomic mass is 16.5. The number of hydrogen-bond donors (Lipinski definition) is 2. The van der Waals surface area contributed by atoms with E-state index in [2.05, 4.69) is 5.32 Å². The number of nitrogens with zero attached hydrogens (tertiary/aromatic N) is 3. The highest BCUT2D eigenvalue weighted by Crippen LogP contribution is 2.32. The third-order valence-corrected chi connectivity index (χ3v) is 4.01. The summed E-state index contributed by atoms with van der Waals surface area (Å²) in [6.07, 6.45) is 1.49. The first kappa shape index (κ1) is 15.4. The van der Waals surface area contributed by atoms with Crippen molar-refractivity contribution in [2.45, 2.75) is 6.54 Å². The number of anilines is 2. The van der Waals surface area contributed by atoms with Gasteiger partial charge in [0.1, 0.15) is 6.07 Å². The molecule has 0 radical (unpaired) electrons. The fourth-order valence-corrected chi connectivity index (χ4v) is 2.78. The molecule has 8 nitrogen and oxygen atoms in total. The van der Waals surface area contributed by atoms with Gasteiger partial charge in [0.15, 0.2) is 5.69 Å². The number of aromatic nitrogens is 1. The molecule has 0 bridgehead atoms. The van der Waals surface area contributed by atoms with Gasteiger partial charge in [-0.2, -0.15) is 5.26 Å². The molecule has 8 heteroatoms. The summed E-state index contributed by atoms with van der Waals surface area (Å²) in [5.41, 5.74) is 8.44. The highest BCUT2D eigenvalue weighted by Gasteiger charge is 2.27. The van der Waals surface area contributed by atoms with E-state index in [4.69, 9.17) is 10.5 Å². The molecule has 2 aromatic rings. The van der Waals surface area contributed by atoms with Crippen molar-refractivity contribution >= 4 is 23.4 Å². The van der Waals surface area contributed by atoms with E-state index in [1.54, 1.807) is 19.2 Å². The topological polar surface area (TPSA) is 113 Å². The summed E-state index contributed by atoms with van der Waals surface area (Å²) in [5.74, 6) is -0.639. The number of nitrogens with one attached hydrogen (secondary N) is 1. The van der Waals surface area contributed by atoms with Gasteiger partial charge in [-0.3, -0.25) is 4.90 Å². The summed E-state index contributed by atoms with van der Waals surface area (Å²) < 4.78 is 6.32. The summed E-state index contributed by atoms with van der Waals surface area (Å²) in [6, 6.07) is 7.13. The second-order valence-electron chi connectivity index (χ2n) is 5.27. The Kier molecular flexibility index (Phi) is 3.62. The summed E-state index contributed by atoms with van der Waals surface area (Å²) in [7, 11) is 2.91. The first-order valence-corrected chi connectivity index (χ1v) is 7.12. The molecule has 1 aliphatic heterocycles. The third-order valence-electron chi connectivity index (χ3n) is 4.01. The maximum atomic E-state index is 12.1. The Morgan fingerprint density at radius 2 is 2.12 bits per heavy atom. The summed E-state index contributed by atoms with van der Waals surface area (Å²) in [4.78, 5) is 25.4. The van der Waals surface area contributed by atoms with Crippen molar-refractivity contribution in [1.29, 1.82) is 5.26 Å². The number of fused-ring (bicyclic) bond motifs is 1. The van der Waals surface area contributed by atoms with Crippen molar-refractivity contribution in [3.05, 3.63) is 41.2 Å². The van der Waals surface area contributed by atoms with Crippen molar-refractivity contribution in [3.8, 4) is 11.8 Å². The van der Waals surface area contributed by atoms with Gasteiger partial charge in [-0.1, -0.05) is 6.07 Å². The lowest BCUT2D eigenvalue weighted by Crippen LogP contribution is -2.42. The lowest BCUT2D eigenvalue weighted by molar-refractivity contribution is 0.0593. The van der Waals surface area contributed by atoms with Crippen LogP contribution in [0.25, 0.3) is 5.69 Å². The van der Waals surface area contributed by atoms with E-state index in [1.165, 1.54) is 22.8 Å². The largest absolute Gasteiger partial charge is 0.464 e. The molecule has 1 aliphatic rings. The van der Waals surface area contributed by atoms with Crippen LogP contribution in [0.5, 0.6) is 0 Å². The normalized spacial score (nSPS) is 13.0. The number of hydrogen-bond acceptors (Lipinski definition) is 5. The zero-order valence-electron chi connectivity index (χ0n) is 13.2. The Morgan fingerprint density at radius 3 is 2.79 bits per heavy atom. The Balaban J connectivity index is 2.27. The van der Waals surface area contributed by atoms with Gasteiger partial charge in [0.25, 0.3) is 0 Å². The van der Waals surface area contributed by atoms with Crippen molar-refractivity contribution < 1.29 is 14.3 Å². The van der Waals surface area contributed by atoms with Crippen LogP contribution in [-0.2, 0) is 11.3 Å². The minimum Gasteiger partial charge on any atom is -0.464 e. The number of urea groups is 1. The number of methoxy groups -OCH3 is 1. The van der Waals surface area contributed by atoms with Gasteiger partial charge in [0.05, 0.1) is 29.7 Å². The van der Waals surface area contributed by atoms with E-state index in [1.807, 2.05) is 12.1 Å². The predicted molar refractivity (Wildman–Crippen MR) is 86.9 cm³/mol. The molecule has 0 unspecified atom stereocenters. The van der Waals surface area contributed by atoms with Gasteiger partial charge in [0.2, 0.25) is 0 Å². The number of rotatable bonds is 2. The summed E-state index contributed by atoms with van der Waals surface area (Å²) >= 11 is 0. The lowest BCUT2D eigenvalue weighted by atomic mass is 10.1. The number of carbonyl (C=O) groups excluding carboxylic acids is 2. The summed E-state index contributed by atoms with van der Waals surface area (Å²) in [5, 5.41) is 12.0. The van der Waals surface area contributed by atoms with Crippen molar-refractivity contribution in [2.24, 2.45) is 0 Å². The third kappa shape index (κ3) is 2.14. The lowest BCUT2D eigenvalue weighted by Gasteiger charge is -2.28. The molecule has 0 fully saturated rings. The molecule has 0 aliphatic carbocycles. The number of carbonyl (C=O) groups is 2. The molecule has 3 rings (SSSR count). The van der Waals surface area contributed by atoms with Crippen LogP contribution in [0.4, 0.5) is 16.2 Å². The number of amides is 2. The minimum absolute atomic E-state index is 0.0650. The van der Waals surface area contributed by atoms with Crippen LogP contribution < -0.4 is 16.0 Å². The van der Waals surface area contributed by atoms with Crippen LogP contribution in [0.15, 0.2) is 24.4 Å². The number of nitriles is 1. The van der Waals surface area contributed by atoms with Crippen molar-refractivity contribution in [3.63, 3.8) is 0 Å². The number of benzene rings is 1. The van der Waals surface area contributed by atoms with E-state index < -0.39 is 5.97 Å². The van der Waals surface area contributed by atoms with E-state index in [0.29, 0.717) is 12.2 Å². The Labute approximate surface area is 138 Å². The second-order valence-corrected chi connectivity index (χ2v) is 5.27. The maximum absolute atomic E-state index is 12.1. The molecule has 0 atom stereocenters. The molecule has 2 heterocycles. The minimum atomic E-state index is -0.639. The van der Waals surface area contributed by atoms with E-state index in [-0.39, 0.29) is 23.0 Å². The highest BCUT2D eigenvalue weighted by molar-refractivity contribution is 5.97. The molecule has 1 aromatic carbocycles. The Hall–Kier alpha value is -3.47. The maximum Gasteiger partial charge on any atom is 0.357 e. The van der Waals surface area contributed by atoms with E-state index in [0.717, 1.165) is 11.3 Å². The molecule has 122 valence electrons. The molecule has 0 saturated heterocycles. The van der Waals surface area contributed by atoms with Crippen LogP contribution >= 0.6 is 0 Å². The molecule has 1 aromatic heterocycles. The van der Waals surface area contributed by atoms with Crippen molar-refractivity contribution in [1.82, 2.24) is 9.88 Å². The number of ether oxygens (including phenoxy) is 1. The SMILES string of the molecule is COC(=O)c1c(N)c(C#N)cn1-c1cccc2c1CNC(=O)N2C. The van der Waals surface area contributed by atoms with E-state index >= 15 is 0 Å². The van der Waals surface area contributed by atoms with Crippen LogP contribution in [0.1, 0.15) is 21.6 Å². The van der Waals surface area contributed by atoms with Crippen LogP contribution in [0.3, 0.4) is 0 Å². The summed E-state index contributed by atoms with van der Waals surface area (Å²) in [6.45, 7) is 0.301. The zero-order chi connectivity index (χ0) is 17.4.